The Bertz CT molecular complexity index is 677. The average molecular weight is 347 g/mol. The molecule has 1 unspecified atom stereocenters. The first-order valence-corrected chi connectivity index (χ1v) is 7.59. The highest BCUT2D eigenvalue weighted by Crippen LogP contribution is 2.28. The molecule has 3 nitrogen and oxygen atoms in total. The number of hydrogen-bond donors (Lipinski definition) is 0. The second kappa shape index (κ2) is 6.00. The molecule has 2 aromatic carbocycles. The molecule has 0 N–H and O–H groups in total. The predicted octanol–water partition coefficient (Wildman–Crippen LogP) is 3.77. The first-order valence-electron chi connectivity index (χ1n) is 6.79. The van der Waals surface area contributed by atoms with E-state index in [-0.39, 0.29) is 11.9 Å². The van der Waals surface area contributed by atoms with Crippen LogP contribution in [-0.2, 0) is 4.74 Å². The van der Waals surface area contributed by atoms with Crippen molar-refractivity contribution in [2.75, 3.05) is 13.2 Å². The van der Waals surface area contributed by atoms with Crippen molar-refractivity contribution in [3.63, 3.8) is 0 Å². The molecule has 4 heteroatoms. The molecule has 2 aromatic rings. The fourth-order valence-electron chi connectivity index (χ4n) is 2.09. The Morgan fingerprint density at radius 1 is 1.33 bits per heavy atom. The van der Waals surface area contributed by atoms with Gasteiger partial charge in [0.2, 0.25) is 0 Å². The van der Waals surface area contributed by atoms with E-state index in [4.69, 9.17) is 9.47 Å². The Labute approximate surface area is 132 Å². The van der Waals surface area contributed by atoms with Crippen LogP contribution in [0.3, 0.4) is 0 Å². The smallest absolute Gasteiger partial charge is 0.193 e. The van der Waals surface area contributed by atoms with E-state index < -0.39 is 0 Å². The maximum absolute atomic E-state index is 12.6. The fraction of sp³-hybridized carbons (Fsp3) is 0.235. The fourth-order valence-corrected chi connectivity index (χ4v) is 2.45. The Hall–Kier alpha value is -1.65. The van der Waals surface area contributed by atoms with E-state index >= 15 is 0 Å². The normalized spacial score (nSPS) is 16.6. The first-order chi connectivity index (χ1) is 10.1. The third-order valence-corrected chi connectivity index (χ3v) is 4.07. The van der Waals surface area contributed by atoms with E-state index in [0.29, 0.717) is 17.9 Å². The number of ether oxygens (including phenoxy) is 2. The van der Waals surface area contributed by atoms with Crippen molar-refractivity contribution in [1.29, 1.82) is 0 Å². The quantitative estimate of drug-likeness (QED) is 0.611. The molecule has 1 atom stereocenters. The number of carbonyl (C=O) groups is 1. The maximum Gasteiger partial charge on any atom is 0.193 e. The van der Waals surface area contributed by atoms with Crippen LogP contribution in [0.5, 0.6) is 5.75 Å². The van der Waals surface area contributed by atoms with Crippen molar-refractivity contribution < 1.29 is 14.3 Å². The largest absolute Gasteiger partial charge is 0.490 e. The zero-order chi connectivity index (χ0) is 14.8. The second-order valence-electron chi connectivity index (χ2n) is 5.06. The Balaban J connectivity index is 1.85. The summed E-state index contributed by atoms with van der Waals surface area (Å²) in [6.45, 7) is 3.20. The molecule has 108 valence electrons. The lowest BCUT2D eigenvalue weighted by atomic mass is 9.99. The van der Waals surface area contributed by atoms with Gasteiger partial charge < -0.3 is 9.47 Å². The van der Waals surface area contributed by atoms with Crippen molar-refractivity contribution in [3.8, 4) is 5.75 Å². The summed E-state index contributed by atoms with van der Waals surface area (Å²) in [7, 11) is 0. The summed E-state index contributed by atoms with van der Waals surface area (Å²) in [6, 6.07) is 13.0. The highest BCUT2D eigenvalue weighted by molar-refractivity contribution is 9.10. The predicted molar refractivity (Wildman–Crippen MR) is 84.0 cm³/mol. The third kappa shape index (κ3) is 3.34. The Morgan fingerprint density at radius 2 is 2.10 bits per heavy atom. The molecule has 0 aromatic heterocycles. The standard InChI is InChI=1S/C17H15BrO3/c1-11-4-2-3-5-14(11)17(19)12-6-7-15(18)16(8-12)21-10-13-9-20-13/h2-8,13H,9-10H2,1H3. The topological polar surface area (TPSA) is 38.8 Å². The minimum atomic E-state index is 0.00752. The monoisotopic (exact) mass is 346 g/mol. The van der Waals surface area contributed by atoms with Gasteiger partial charge in [-0.1, -0.05) is 24.3 Å². The van der Waals surface area contributed by atoms with Gasteiger partial charge in [0.1, 0.15) is 18.5 Å². The SMILES string of the molecule is Cc1ccccc1C(=O)c1ccc(Br)c(OCC2CO2)c1. The van der Waals surface area contributed by atoms with Crippen LogP contribution in [0.2, 0.25) is 0 Å². The number of aryl methyl sites for hydroxylation is 1. The summed E-state index contributed by atoms with van der Waals surface area (Å²) in [5.74, 6) is 0.679. The van der Waals surface area contributed by atoms with E-state index in [1.54, 1.807) is 12.1 Å². The molecule has 0 bridgehead atoms. The van der Waals surface area contributed by atoms with Gasteiger partial charge >= 0.3 is 0 Å². The van der Waals surface area contributed by atoms with Gasteiger partial charge in [-0.25, -0.2) is 0 Å². The maximum atomic E-state index is 12.6. The summed E-state index contributed by atoms with van der Waals surface area (Å²) < 4.78 is 11.7. The summed E-state index contributed by atoms with van der Waals surface area (Å²) in [5.41, 5.74) is 2.31. The number of halogens is 1. The van der Waals surface area contributed by atoms with E-state index in [0.717, 1.165) is 22.2 Å². The minimum Gasteiger partial charge on any atom is -0.490 e. The van der Waals surface area contributed by atoms with Crippen molar-refractivity contribution in [2.45, 2.75) is 13.0 Å². The van der Waals surface area contributed by atoms with Gasteiger partial charge in [-0.2, -0.15) is 0 Å². The third-order valence-electron chi connectivity index (χ3n) is 3.41. The van der Waals surface area contributed by atoms with Crippen LogP contribution in [0.4, 0.5) is 0 Å². The number of hydrogen-bond acceptors (Lipinski definition) is 3. The van der Waals surface area contributed by atoms with Gasteiger partial charge in [-0.05, 0) is 46.6 Å². The molecule has 1 heterocycles. The van der Waals surface area contributed by atoms with Crippen LogP contribution >= 0.6 is 15.9 Å². The molecule has 0 amide bonds. The Kier molecular flexibility index (Phi) is 4.08. The highest BCUT2D eigenvalue weighted by atomic mass is 79.9. The lowest BCUT2D eigenvalue weighted by molar-refractivity contribution is 0.103. The summed E-state index contributed by atoms with van der Waals surface area (Å²) in [6.07, 6.45) is 0.188. The van der Waals surface area contributed by atoms with Gasteiger partial charge in [0, 0.05) is 11.1 Å². The lowest BCUT2D eigenvalue weighted by Crippen LogP contribution is -2.07. The van der Waals surface area contributed by atoms with E-state index in [1.807, 2.05) is 37.3 Å². The van der Waals surface area contributed by atoms with Crippen LogP contribution in [0.1, 0.15) is 21.5 Å². The molecule has 0 spiro atoms. The molecule has 1 fully saturated rings. The van der Waals surface area contributed by atoms with Gasteiger partial charge in [-0.3, -0.25) is 4.79 Å². The molecular weight excluding hydrogens is 332 g/mol. The second-order valence-corrected chi connectivity index (χ2v) is 5.91. The zero-order valence-corrected chi connectivity index (χ0v) is 13.2. The molecule has 0 saturated carbocycles. The number of ketones is 1. The molecule has 0 radical (unpaired) electrons. The van der Waals surface area contributed by atoms with Crippen LogP contribution in [0, 0.1) is 6.92 Å². The lowest BCUT2D eigenvalue weighted by Gasteiger charge is -2.10. The highest BCUT2D eigenvalue weighted by Gasteiger charge is 2.23. The summed E-state index contributed by atoms with van der Waals surface area (Å²) in [5, 5.41) is 0. The van der Waals surface area contributed by atoms with E-state index in [2.05, 4.69) is 15.9 Å². The Morgan fingerprint density at radius 3 is 2.81 bits per heavy atom. The van der Waals surface area contributed by atoms with Crippen LogP contribution in [-0.4, -0.2) is 25.1 Å². The average Bonchev–Trinajstić information content (AvgIpc) is 3.30. The summed E-state index contributed by atoms with van der Waals surface area (Å²) >= 11 is 3.44. The van der Waals surface area contributed by atoms with Crippen LogP contribution < -0.4 is 4.74 Å². The first kappa shape index (κ1) is 14.3. The molecule has 0 aliphatic carbocycles. The molecule has 21 heavy (non-hydrogen) atoms. The molecule has 3 rings (SSSR count). The van der Waals surface area contributed by atoms with Crippen LogP contribution in [0.25, 0.3) is 0 Å². The summed E-state index contributed by atoms with van der Waals surface area (Å²) in [4.78, 5) is 12.6. The molecule has 1 aliphatic rings. The molecule has 1 aliphatic heterocycles. The van der Waals surface area contributed by atoms with E-state index in [9.17, 15) is 4.79 Å². The van der Waals surface area contributed by atoms with E-state index in [1.165, 1.54) is 0 Å². The van der Waals surface area contributed by atoms with Gasteiger partial charge in [0.15, 0.2) is 5.78 Å². The zero-order valence-electron chi connectivity index (χ0n) is 11.6. The number of rotatable bonds is 5. The number of carbonyl (C=O) groups excluding carboxylic acids is 1. The van der Waals surface area contributed by atoms with Gasteiger partial charge in [0.05, 0.1) is 11.1 Å². The number of benzene rings is 2. The number of epoxide rings is 1. The van der Waals surface area contributed by atoms with Crippen molar-refractivity contribution in [3.05, 3.63) is 63.6 Å². The van der Waals surface area contributed by atoms with Gasteiger partial charge in [0.25, 0.3) is 0 Å². The van der Waals surface area contributed by atoms with Crippen LogP contribution in [0.15, 0.2) is 46.9 Å². The van der Waals surface area contributed by atoms with Gasteiger partial charge in [-0.15, -0.1) is 0 Å². The minimum absolute atomic E-state index is 0.00752. The molecule has 1 saturated heterocycles. The van der Waals surface area contributed by atoms with Crippen molar-refractivity contribution in [2.24, 2.45) is 0 Å². The van der Waals surface area contributed by atoms with Crippen molar-refractivity contribution >= 4 is 21.7 Å². The van der Waals surface area contributed by atoms with Crippen molar-refractivity contribution in [1.82, 2.24) is 0 Å². The molecular formula is C17H15BrO3.